The fourth-order valence-electron chi connectivity index (χ4n) is 1.59. The second kappa shape index (κ2) is 5.71. The van der Waals surface area contributed by atoms with Gasteiger partial charge in [0.1, 0.15) is 0 Å². The lowest BCUT2D eigenvalue weighted by Gasteiger charge is -2.25. The van der Waals surface area contributed by atoms with Crippen LogP contribution in [0.25, 0.3) is 0 Å². The van der Waals surface area contributed by atoms with Crippen LogP contribution in [-0.4, -0.2) is 25.7 Å². The van der Waals surface area contributed by atoms with Gasteiger partial charge in [-0.2, -0.15) is 13.2 Å². The number of nitrogens with one attached hydrogen (secondary N) is 1. The molecule has 0 radical (unpaired) electrons. The summed E-state index contributed by atoms with van der Waals surface area (Å²) in [6.07, 6.45) is -4.46. The maximum atomic E-state index is 12.6. The molecule has 0 heterocycles. The Bertz CT molecular complexity index is 568. The lowest BCUT2D eigenvalue weighted by atomic mass is 10.0. The van der Waals surface area contributed by atoms with E-state index in [1.165, 1.54) is 13.8 Å². The van der Waals surface area contributed by atoms with E-state index in [-0.39, 0.29) is 13.0 Å². The molecule has 0 saturated carbocycles. The highest BCUT2D eigenvalue weighted by atomic mass is 32.2. The first-order valence-corrected chi connectivity index (χ1v) is 7.28. The summed E-state index contributed by atoms with van der Waals surface area (Å²) in [5.41, 5.74) is -1.98. The van der Waals surface area contributed by atoms with Crippen molar-refractivity contribution in [3.8, 4) is 0 Å². The van der Waals surface area contributed by atoms with Crippen molar-refractivity contribution in [1.29, 1.82) is 0 Å². The van der Waals surface area contributed by atoms with Gasteiger partial charge in [0.05, 0.1) is 10.5 Å². The monoisotopic (exact) mass is 311 g/mol. The minimum atomic E-state index is -4.61. The summed E-state index contributed by atoms with van der Waals surface area (Å²) in [6.45, 7) is 2.83. The standard InChI is InChI=1S/C12H16F3NO3S/c1-11(2,6-7-17)16-20(18,19)10-5-3-4-9(8-10)12(13,14)15/h3-5,8,16-17H,6-7H2,1-2H3. The number of hydrogen-bond donors (Lipinski definition) is 2. The topological polar surface area (TPSA) is 66.4 Å². The first kappa shape index (κ1) is 16.9. The Hall–Kier alpha value is -1.12. The van der Waals surface area contributed by atoms with Crippen LogP contribution in [0.15, 0.2) is 29.2 Å². The van der Waals surface area contributed by atoms with E-state index in [0.717, 1.165) is 18.2 Å². The molecule has 1 rings (SSSR count). The predicted molar refractivity (Wildman–Crippen MR) is 67.5 cm³/mol. The second-order valence-corrected chi connectivity index (χ2v) is 6.67. The maximum Gasteiger partial charge on any atom is 0.416 e. The number of hydrogen-bond acceptors (Lipinski definition) is 3. The molecule has 0 aromatic heterocycles. The van der Waals surface area contributed by atoms with E-state index < -0.39 is 32.2 Å². The van der Waals surface area contributed by atoms with Gasteiger partial charge in [-0.15, -0.1) is 0 Å². The Kier molecular flexibility index (Phi) is 4.83. The van der Waals surface area contributed by atoms with Gasteiger partial charge >= 0.3 is 6.18 Å². The van der Waals surface area contributed by atoms with Crippen molar-refractivity contribution >= 4 is 10.0 Å². The van der Waals surface area contributed by atoms with Crippen molar-refractivity contribution in [2.24, 2.45) is 0 Å². The SMILES string of the molecule is CC(C)(CCO)NS(=O)(=O)c1cccc(C(F)(F)F)c1. The van der Waals surface area contributed by atoms with Crippen molar-refractivity contribution in [3.05, 3.63) is 29.8 Å². The molecular formula is C12H16F3NO3S. The zero-order valence-electron chi connectivity index (χ0n) is 11.0. The van der Waals surface area contributed by atoms with Crippen LogP contribution in [0.3, 0.4) is 0 Å². The van der Waals surface area contributed by atoms with Gasteiger partial charge in [-0.25, -0.2) is 13.1 Å². The first-order chi connectivity index (χ1) is 8.98. The molecule has 0 aliphatic heterocycles. The zero-order valence-corrected chi connectivity index (χ0v) is 11.8. The fraction of sp³-hybridized carbons (Fsp3) is 0.500. The highest BCUT2D eigenvalue weighted by molar-refractivity contribution is 7.89. The molecule has 114 valence electrons. The van der Waals surface area contributed by atoms with Gasteiger partial charge in [-0.1, -0.05) is 6.07 Å². The Labute approximate surface area is 115 Å². The fourth-order valence-corrected chi connectivity index (χ4v) is 3.08. The number of alkyl halides is 3. The van der Waals surface area contributed by atoms with E-state index in [9.17, 15) is 21.6 Å². The molecule has 0 amide bonds. The normalized spacial score (nSPS) is 13.5. The minimum absolute atomic E-state index is 0.144. The molecule has 4 nitrogen and oxygen atoms in total. The van der Waals surface area contributed by atoms with Crippen LogP contribution >= 0.6 is 0 Å². The third-order valence-corrected chi connectivity index (χ3v) is 4.31. The number of rotatable bonds is 5. The van der Waals surface area contributed by atoms with E-state index in [2.05, 4.69) is 4.72 Å². The Morgan fingerprint density at radius 3 is 2.35 bits per heavy atom. The van der Waals surface area contributed by atoms with Crippen LogP contribution in [0.2, 0.25) is 0 Å². The van der Waals surface area contributed by atoms with Crippen molar-refractivity contribution < 1.29 is 26.7 Å². The molecule has 1 aromatic rings. The highest BCUT2D eigenvalue weighted by Crippen LogP contribution is 2.30. The van der Waals surface area contributed by atoms with Gasteiger partial charge in [0.2, 0.25) is 10.0 Å². The van der Waals surface area contributed by atoms with Crippen LogP contribution in [0.1, 0.15) is 25.8 Å². The van der Waals surface area contributed by atoms with Gasteiger partial charge in [0.25, 0.3) is 0 Å². The molecule has 0 atom stereocenters. The van der Waals surface area contributed by atoms with E-state index >= 15 is 0 Å². The van der Waals surface area contributed by atoms with E-state index in [0.29, 0.717) is 6.07 Å². The molecule has 20 heavy (non-hydrogen) atoms. The van der Waals surface area contributed by atoms with Gasteiger partial charge in [-0.05, 0) is 38.5 Å². The molecule has 0 aliphatic carbocycles. The predicted octanol–water partition coefficient (Wildman–Crippen LogP) is 2.14. The van der Waals surface area contributed by atoms with E-state index in [4.69, 9.17) is 5.11 Å². The summed E-state index contributed by atoms with van der Waals surface area (Å²) in [5, 5.41) is 8.84. The molecule has 0 fully saturated rings. The van der Waals surface area contributed by atoms with Gasteiger partial charge in [0.15, 0.2) is 0 Å². The number of benzene rings is 1. The molecule has 0 bridgehead atoms. The summed E-state index contributed by atoms with van der Waals surface area (Å²) in [7, 11) is -4.08. The Morgan fingerprint density at radius 1 is 1.25 bits per heavy atom. The van der Waals surface area contributed by atoms with Crippen LogP contribution in [0, 0.1) is 0 Å². The average molecular weight is 311 g/mol. The van der Waals surface area contributed by atoms with Crippen molar-refractivity contribution in [1.82, 2.24) is 4.72 Å². The maximum absolute atomic E-state index is 12.6. The van der Waals surface area contributed by atoms with Gasteiger partial charge < -0.3 is 5.11 Å². The smallest absolute Gasteiger partial charge is 0.396 e. The summed E-state index contributed by atoms with van der Waals surface area (Å²) in [4.78, 5) is -0.460. The van der Waals surface area contributed by atoms with E-state index in [1.54, 1.807) is 0 Å². The van der Waals surface area contributed by atoms with Gasteiger partial charge in [0, 0.05) is 12.1 Å². The highest BCUT2D eigenvalue weighted by Gasteiger charge is 2.32. The molecule has 1 aromatic carbocycles. The van der Waals surface area contributed by atoms with Crippen LogP contribution in [-0.2, 0) is 16.2 Å². The first-order valence-electron chi connectivity index (χ1n) is 5.80. The number of halogens is 3. The number of aliphatic hydroxyl groups excluding tert-OH is 1. The van der Waals surface area contributed by atoms with Crippen LogP contribution < -0.4 is 4.72 Å². The molecule has 0 unspecified atom stereocenters. The summed E-state index contributed by atoms with van der Waals surface area (Å²) in [6, 6.07) is 3.51. The third kappa shape index (κ3) is 4.46. The summed E-state index contributed by atoms with van der Waals surface area (Å²) >= 11 is 0. The molecule has 2 N–H and O–H groups in total. The van der Waals surface area contributed by atoms with Crippen molar-refractivity contribution in [2.75, 3.05) is 6.61 Å². The number of sulfonamides is 1. The minimum Gasteiger partial charge on any atom is -0.396 e. The molecular weight excluding hydrogens is 295 g/mol. The molecule has 0 aliphatic rings. The second-order valence-electron chi connectivity index (χ2n) is 4.99. The summed E-state index contributed by atoms with van der Waals surface area (Å²) in [5.74, 6) is 0. The quantitative estimate of drug-likeness (QED) is 0.875. The Morgan fingerprint density at radius 2 is 1.85 bits per heavy atom. The van der Waals surface area contributed by atoms with Crippen LogP contribution in [0.5, 0.6) is 0 Å². The molecule has 0 saturated heterocycles. The van der Waals surface area contributed by atoms with E-state index in [1.807, 2.05) is 0 Å². The van der Waals surface area contributed by atoms with Gasteiger partial charge in [-0.3, -0.25) is 0 Å². The molecule has 8 heteroatoms. The van der Waals surface area contributed by atoms with Crippen molar-refractivity contribution in [2.45, 2.75) is 36.9 Å². The van der Waals surface area contributed by atoms with Crippen LogP contribution in [0.4, 0.5) is 13.2 Å². The zero-order chi connectivity index (χ0) is 15.6. The molecule has 0 spiro atoms. The lowest BCUT2D eigenvalue weighted by molar-refractivity contribution is -0.137. The Balaban J connectivity index is 3.11. The number of aliphatic hydroxyl groups is 1. The largest absolute Gasteiger partial charge is 0.416 e. The summed E-state index contributed by atoms with van der Waals surface area (Å²) < 4.78 is 64.1. The third-order valence-electron chi connectivity index (χ3n) is 2.62. The van der Waals surface area contributed by atoms with Crippen molar-refractivity contribution in [3.63, 3.8) is 0 Å². The lowest BCUT2D eigenvalue weighted by Crippen LogP contribution is -2.43. The average Bonchev–Trinajstić information content (AvgIpc) is 2.26.